The maximum Gasteiger partial charge on any atom is 0.0941 e. The van der Waals surface area contributed by atoms with Gasteiger partial charge in [0.1, 0.15) is 0 Å². The molecule has 0 radical (unpaired) electrons. The molecule has 1 aromatic carbocycles. The summed E-state index contributed by atoms with van der Waals surface area (Å²) in [4.78, 5) is 0. The first-order chi connectivity index (χ1) is 5.68. The third-order valence-corrected chi connectivity index (χ3v) is 2.23. The van der Waals surface area contributed by atoms with Crippen LogP contribution >= 0.6 is 11.6 Å². The quantitative estimate of drug-likeness (QED) is 0.664. The summed E-state index contributed by atoms with van der Waals surface area (Å²) in [6.45, 7) is 3.98. The molecule has 3 heteroatoms. The van der Waals surface area contributed by atoms with E-state index in [0.29, 0.717) is 0 Å². The molecule has 0 amide bonds. The van der Waals surface area contributed by atoms with Crippen LogP contribution in [0.3, 0.4) is 0 Å². The highest BCUT2D eigenvalue weighted by Gasteiger charge is 2.05. The number of benzene rings is 1. The minimum absolute atomic E-state index is 0.774. The Labute approximate surface area is 75.5 Å². The molecule has 0 aliphatic rings. The number of hydrogen-bond acceptors (Lipinski definition) is 1. The van der Waals surface area contributed by atoms with Gasteiger partial charge in [0, 0.05) is 11.1 Å². The van der Waals surface area contributed by atoms with E-state index >= 15 is 0 Å². The number of H-pyrrole nitrogens is 1. The maximum atomic E-state index is 6.05. The molecule has 2 rings (SSSR count). The average molecular weight is 181 g/mol. The number of hydrogen-bond donors (Lipinski definition) is 1. The predicted molar refractivity (Wildman–Crippen MR) is 50.6 cm³/mol. The molecule has 2 aromatic rings. The summed E-state index contributed by atoms with van der Waals surface area (Å²) >= 11 is 6.05. The summed E-state index contributed by atoms with van der Waals surface area (Å²) < 4.78 is 0. The molecule has 0 spiro atoms. The van der Waals surface area contributed by atoms with E-state index in [0.717, 1.165) is 27.2 Å². The van der Waals surface area contributed by atoms with E-state index in [1.54, 1.807) is 0 Å². The van der Waals surface area contributed by atoms with Crippen LogP contribution in [0, 0.1) is 13.8 Å². The second-order valence-corrected chi connectivity index (χ2v) is 3.40. The van der Waals surface area contributed by atoms with Crippen LogP contribution < -0.4 is 0 Å². The van der Waals surface area contributed by atoms with Crippen LogP contribution in [0.4, 0.5) is 0 Å². The molecule has 1 heterocycles. The Balaban J connectivity index is 2.93. The molecule has 2 nitrogen and oxygen atoms in total. The summed E-state index contributed by atoms with van der Waals surface area (Å²) in [5, 5.41) is 8.84. The monoisotopic (exact) mass is 180 g/mol. The number of rotatable bonds is 0. The van der Waals surface area contributed by atoms with Gasteiger partial charge in [-0.05, 0) is 31.5 Å². The Morgan fingerprint density at radius 3 is 2.83 bits per heavy atom. The lowest BCUT2D eigenvalue weighted by atomic mass is 10.1. The Hall–Kier alpha value is -1.02. The van der Waals surface area contributed by atoms with Gasteiger partial charge in [-0.3, -0.25) is 5.10 Å². The molecule has 0 saturated heterocycles. The van der Waals surface area contributed by atoms with E-state index in [2.05, 4.69) is 10.2 Å². The van der Waals surface area contributed by atoms with Crippen LogP contribution in [0.1, 0.15) is 11.3 Å². The van der Waals surface area contributed by atoms with Gasteiger partial charge in [0.2, 0.25) is 0 Å². The molecule has 12 heavy (non-hydrogen) atoms. The first-order valence-electron chi connectivity index (χ1n) is 3.79. The number of nitrogens with zero attached hydrogens (tertiary/aromatic N) is 1. The van der Waals surface area contributed by atoms with E-state index in [-0.39, 0.29) is 0 Å². The van der Waals surface area contributed by atoms with Gasteiger partial charge in [-0.25, -0.2) is 0 Å². The minimum atomic E-state index is 0.774. The molecule has 0 fully saturated rings. The third-order valence-electron chi connectivity index (χ3n) is 1.93. The van der Waals surface area contributed by atoms with Gasteiger partial charge in [-0.1, -0.05) is 11.6 Å². The first-order valence-corrected chi connectivity index (χ1v) is 4.17. The highest BCUT2D eigenvalue weighted by atomic mass is 35.5. The highest BCUT2D eigenvalue weighted by molar-refractivity contribution is 6.35. The van der Waals surface area contributed by atoms with E-state index in [9.17, 15) is 0 Å². The molecule has 1 N–H and O–H groups in total. The Bertz CT molecular complexity index is 431. The van der Waals surface area contributed by atoms with Gasteiger partial charge >= 0.3 is 0 Å². The summed E-state index contributed by atoms with van der Waals surface area (Å²) in [5.74, 6) is 0. The summed E-state index contributed by atoms with van der Waals surface area (Å²) in [6.07, 6.45) is 0. The van der Waals surface area contributed by atoms with Gasteiger partial charge < -0.3 is 0 Å². The van der Waals surface area contributed by atoms with Crippen molar-refractivity contribution in [1.82, 2.24) is 10.2 Å². The topological polar surface area (TPSA) is 28.7 Å². The molecule has 62 valence electrons. The second-order valence-electron chi connectivity index (χ2n) is 2.99. The van der Waals surface area contributed by atoms with E-state index in [4.69, 9.17) is 11.6 Å². The third kappa shape index (κ3) is 0.994. The fourth-order valence-electron chi connectivity index (χ4n) is 1.38. The van der Waals surface area contributed by atoms with E-state index in [1.165, 1.54) is 0 Å². The van der Waals surface area contributed by atoms with Crippen LogP contribution in [-0.4, -0.2) is 10.2 Å². The highest BCUT2D eigenvalue weighted by Crippen LogP contribution is 2.25. The molecule has 0 atom stereocenters. The Kier molecular flexibility index (Phi) is 1.58. The maximum absolute atomic E-state index is 6.05. The SMILES string of the molecule is Cc1cc(Cl)c2c(C)[nH]nc2c1. The standard InChI is InChI=1S/C9H9ClN2/c1-5-3-7(10)9-6(2)11-12-8(9)4-5/h3-4H,1-2H3,(H,11,12). The number of aromatic nitrogens is 2. The van der Waals surface area contributed by atoms with Gasteiger partial charge in [0.15, 0.2) is 0 Å². The number of nitrogens with one attached hydrogen (secondary N) is 1. The van der Waals surface area contributed by atoms with Crippen molar-refractivity contribution in [2.24, 2.45) is 0 Å². The Morgan fingerprint density at radius 1 is 1.33 bits per heavy atom. The number of fused-ring (bicyclic) bond motifs is 1. The normalized spacial score (nSPS) is 10.9. The van der Waals surface area contributed by atoms with Crippen molar-refractivity contribution in [3.05, 3.63) is 28.4 Å². The molecule has 0 unspecified atom stereocenters. The van der Waals surface area contributed by atoms with Crippen molar-refractivity contribution in [2.45, 2.75) is 13.8 Å². The lowest BCUT2D eigenvalue weighted by Crippen LogP contribution is -1.75. The van der Waals surface area contributed by atoms with Crippen LogP contribution in [0.2, 0.25) is 5.02 Å². The molecular weight excluding hydrogens is 172 g/mol. The van der Waals surface area contributed by atoms with Gasteiger partial charge in [0.05, 0.1) is 10.5 Å². The van der Waals surface area contributed by atoms with Crippen molar-refractivity contribution >= 4 is 22.5 Å². The van der Waals surface area contributed by atoms with Crippen LogP contribution in [-0.2, 0) is 0 Å². The average Bonchev–Trinajstić information content (AvgIpc) is 2.31. The van der Waals surface area contributed by atoms with Gasteiger partial charge in [-0.15, -0.1) is 0 Å². The first kappa shape index (κ1) is 7.62. The zero-order valence-electron chi connectivity index (χ0n) is 6.98. The van der Waals surface area contributed by atoms with Crippen LogP contribution in [0.15, 0.2) is 12.1 Å². The van der Waals surface area contributed by atoms with Crippen molar-refractivity contribution in [2.75, 3.05) is 0 Å². The van der Waals surface area contributed by atoms with Gasteiger partial charge in [-0.2, -0.15) is 5.10 Å². The van der Waals surface area contributed by atoms with Crippen LogP contribution in [0.25, 0.3) is 10.9 Å². The summed E-state index contributed by atoms with van der Waals surface area (Å²) in [6, 6.07) is 3.97. The van der Waals surface area contributed by atoms with E-state index < -0.39 is 0 Å². The molecule has 1 aromatic heterocycles. The smallest absolute Gasteiger partial charge is 0.0941 e. The van der Waals surface area contributed by atoms with Crippen LogP contribution in [0.5, 0.6) is 0 Å². The molecule has 0 bridgehead atoms. The van der Waals surface area contributed by atoms with Crippen molar-refractivity contribution < 1.29 is 0 Å². The lowest BCUT2D eigenvalue weighted by molar-refractivity contribution is 1.07. The van der Waals surface area contributed by atoms with E-state index in [1.807, 2.05) is 26.0 Å². The van der Waals surface area contributed by atoms with Crippen molar-refractivity contribution in [3.8, 4) is 0 Å². The van der Waals surface area contributed by atoms with Crippen molar-refractivity contribution in [3.63, 3.8) is 0 Å². The summed E-state index contributed by atoms with van der Waals surface area (Å²) in [7, 11) is 0. The fourth-order valence-corrected chi connectivity index (χ4v) is 1.79. The largest absolute Gasteiger partial charge is 0.282 e. The zero-order chi connectivity index (χ0) is 8.72. The fraction of sp³-hybridized carbons (Fsp3) is 0.222. The predicted octanol–water partition coefficient (Wildman–Crippen LogP) is 2.83. The molecular formula is C9H9ClN2. The number of aromatic amines is 1. The Morgan fingerprint density at radius 2 is 2.08 bits per heavy atom. The van der Waals surface area contributed by atoms with Crippen molar-refractivity contribution in [1.29, 1.82) is 0 Å². The number of halogens is 1. The summed E-state index contributed by atoms with van der Waals surface area (Å²) in [5.41, 5.74) is 3.10. The zero-order valence-corrected chi connectivity index (χ0v) is 7.74. The van der Waals surface area contributed by atoms with Gasteiger partial charge in [0.25, 0.3) is 0 Å². The molecule has 0 aliphatic carbocycles. The molecule has 0 aliphatic heterocycles. The lowest BCUT2D eigenvalue weighted by Gasteiger charge is -1.96. The minimum Gasteiger partial charge on any atom is -0.282 e. The second kappa shape index (κ2) is 2.49. The number of aryl methyl sites for hydroxylation is 2. The molecule has 0 saturated carbocycles.